The van der Waals surface area contributed by atoms with Crippen LogP contribution >= 0.6 is 35.0 Å². The predicted molar refractivity (Wildman–Crippen MR) is 174 cm³/mol. The van der Waals surface area contributed by atoms with Crippen LogP contribution in [-0.2, 0) is 6.54 Å². The van der Waals surface area contributed by atoms with Gasteiger partial charge in [-0.05, 0) is 51.5 Å². The van der Waals surface area contributed by atoms with E-state index in [0.717, 1.165) is 22.1 Å². The summed E-state index contributed by atoms with van der Waals surface area (Å²) in [4.78, 5) is 0.947. The fourth-order valence-corrected chi connectivity index (χ4v) is 4.14. The van der Waals surface area contributed by atoms with Crippen LogP contribution in [0.1, 0.15) is 93.2 Å². The molecule has 3 rings (SSSR count). The van der Waals surface area contributed by atoms with Gasteiger partial charge in [0.1, 0.15) is 11.1 Å². The Kier molecular flexibility index (Phi) is 19.8. The molecule has 1 unspecified atom stereocenters. The summed E-state index contributed by atoms with van der Waals surface area (Å²) in [7, 11) is 0. The number of hydrogen-bond acceptors (Lipinski definition) is 4. The van der Waals surface area contributed by atoms with Gasteiger partial charge in [-0.3, -0.25) is 4.68 Å². The highest BCUT2D eigenvalue weighted by Gasteiger charge is 2.23. The summed E-state index contributed by atoms with van der Waals surface area (Å²) in [6, 6.07) is 10.8. The quantitative estimate of drug-likeness (QED) is 0.274. The van der Waals surface area contributed by atoms with Crippen molar-refractivity contribution in [3.05, 3.63) is 64.3 Å². The summed E-state index contributed by atoms with van der Waals surface area (Å²) in [5.41, 5.74) is 6.59. The molecule has 230 valence electrons. The fraction of sp³-hybridized carbons (Fsp3) is 0.484. The second kappa shape index (κ2) is 19.9. The lowest BCUT2D eigenvalue weighted by atomic mass is 10.1. The normalized spacial score (nSPS) is 11.7. The van der Waals surface area contributed by atoms with Crippen LogP contribution in [0.2, 0.25) is 10.0 Å². The summed E-state index contributed by atoms with van der Waals surface area (Å²) < 4.78 is 40.6. The first-order chi connectivity index (χ1) is 19.0. The van der Waals surface area contributed by atoms with Gasteiger partial charge in [-0.15, -0.1) is 0 Å². The molecule has 10 heteroatoms. The number of nitrogens with two attached hydrogens (primary N) is 1. The Morgan fingerprint density at radius 2 is 1.61 bits per heavy atom. The maximum atomic E-state index is 13.3. The first kappa shape index (κ1) is 41.0. The highest BCUT2D eigenvalue weighted by Crippen LogP contribution is 2.37. The molecule has 0 spiro atoms. The van der Waals surface area contributed by atoms with Crippen molar-refractivity contribution in [1.82, 2.24) is 9.78 Å². The summed E-state index contributed by atoms with van der Waals surface area (Å²) in [5.74, 6) is 0. The first-order valence-electron chi connectivity index (χ1n) is 13.5. The van der Waals surface area contributed by atoms with Crippen molar-refractivity contribution in [2.45, 2.75) is 104 Å². The Morgan fingerprint density at radius 1 is 1.12 bits per heavy atom. The van der Waals surface area contributed by atoms with E-state index in [0.29, 0.717) is 0 Å². The van der Waals surface area contributed by atoms with Gasteiger partial charge in [0.15, 0.2) is 5.00 Å². The van der Waals surface area contributed by atoms with Crippen molar-refractivity contribution in [2.24, 2.45) is 5.73 Å². The van der Waals surface area contributed by atoms with Gasteiger partial charge in [-0.25, -0.2) is 13.2 Å². The van der Waals surface area contributed by atoms with Crippen molar-refractivity contribution in [3.63, 3.8) is 0 Å². The molecule has 0 aliphatic heterocycles. The highest BCUT2D eigenvalue weighted by atomic mass is 35.5. The van der Waals surface area contributed by atoms with Crippen LogP contribution in [0, 0.1) is 11.3 Å². The van der Waals surface area contributed by atoms with E-state index in [1.807, 2.05) is 65.0 Å². The maximum absolute atomic E-state index is 13.3. The smallest absolute Gasteiger partial charge is 0.264 e. The van der Waals surface area contributed by atoms with Gasteiger partial charge in [-0.1, -0.05) is 107 Å². The zero-order valence-corrected chi connectivity index (χ0v) is 28.2. The largest absolute Gasteiger partial charge is 0.312 e. The van der Waals surface area contributed by atoms with Crippen molar-refractivity contribution in [3.8, 4) is 6.07 Å². The van der Waals surface area contributed by atoms with Crippen molar-refractivity contribution >= 4 is 51.4 Å². The van der Waals surface area contributed by atoms with Gasteiger partial charge in [0.05, 0.1) is 22.7 Å². The Bertz CT molecular complexity index is 1230. The third kappa shape index (κ3) is 15.0. The number of hydrogen-bond donors (Lipinski definition) is 1. The van der Waals surface area contributed by atoms with E-state index < -0.39 is 17.0 Å². The molecule has 0 saturated carbocycles. The summed E-state index contributed by atoms with van der Waals surface area (Å²) in [6.07, 6.45) is -0.0632. The van der Waals surface area contributed by atoms with E-state index in [9.17, 15) is 13.2 Å². The summed E-state index contributed by atoms with van der Waals surface area (Å²) in [6.45, 7) is 22.7. The Labute approximate surface area is 259 Å². The molecule has 1 atom stereocenters. The van der Waals surface area contributed by atoms with Gasteiger partial charge in [0.2, 0.25) is 0 Å². The average molecular weight is 634 g/mol. The van der Waals surface area contributed by atoms with E-state index in [2.05, 4.69) is 25.5 Å². The summed E-state index contributed by atoms with van der Waals surface area (Å²) in [5, 5.41) is 12.1. The van der Waals surface area contributed by atoms with E-state index in [1.165, 1.54) is 36.0 Å². The fourth-order valence-electron chi connectivity index (χ4n) is 2.91. The van der Waals surface area contributed by atoms with Crippen LogP contribution in [0.3, 0.4) is 0 Å². The number of aromatic nitrogens is 2. The third-order valence-corrected chi connectivity index (χ3v) is 6.23. The molecule has 2 N–H and O–H groups in total. The van der Waals surface area contributed by atoms with Gasteiger partial charge in [0.25, 0.3) is 6.43 Å². The number of halogens is 5. The molecular formula is C31H45Cl2F3N4S. The van der Waals surface area contributed by atoms with Gasteiger partial charge in [-0.2, -0.15) is 10.4 Å². The molecule has 0 aliphatic rings. The van der Waals surface area contributed by atoms with Gasteiger partial charge < -0.3 is 5.73 Å². The molecule has 0 fully saturated rings. The van der Waals surface area contributed by atoms with Crippen LogP contribution < -0.4 is 5.73 Å². The lowest BCUT2D eigenvalue weighted by molar-refractivity contribution is 0.153. The van der Waals surface area contributed by atoms with Crippen LogP contribution in [0.15, 0.2) is 48.0 Å². The Morgan fingerprint density at radius 3 is 2.00 bits per heavy atom. The Hall–Kier alpha value is -2.18. The monoisotopic (exact) mass is 632 g/mol. The number of allylic oxidation sites excluding steroid dienone is 1. The van der Waals surface area contributed by atoms with Crippen molar-refractivity contribution in [2.75, 3.05) is 0 Å². The topological polar surface area (TPSA) is 67.6 Å². The zero-order valence-electron chi connectivity index (χ0n) is 25.9. The van der Waals surface area contributed by atoms with E-state index >= 15 is 0 Å². The molecule has 1 heterocycles. The lowest BCUT2D eigenvalue weighted by Crippen LogP contribution is -2.39. The number of fused-ring (bicyclic) bond motifs is 1. The average Bonchev–Trinajstić information content (AvgIpc) is 3.32. The molecule has 0 amide bonds. The number of thioether (sulfide) groups is 1. The van der Waals surface area contributed by atoms with E-state index in [4.69, 9.17) is 34.2 Å². The molecule has 3 aromatic rings. The molecule has 0 radical (unpaired) electrons. The van der Waals surface area contributed by atoms with Gasteiger partial charge in [0, 0.05) is 22.0 Å². The lowest BCUT2D eigenvalue weighted by Gasteiger charge is -2.14. The third-order valence-electron chi connectivity index (χ3n) is 4.46. The van der Waals surface area contributed by atoms with E-state index in [-0.39, 0.29) is 33.1 Å². The molecule has 1 aromatic heterocycles. The number of nitriles is 1. The van der Waals surface area contributed by atoms with Crippen molar-refractivity contribution in [1.29, 1.82) is 5.26 Å². The van der Waals surface area contributed by atoms with Crippen LogP contribution in [0.25, 0.3) is 16.5 Å². The molecule has 0 saturated heterocycles. The minimum atomic E-state index is -2.70. The zero-order chi connectivity index (χ0) is 32.6. The second-order valence-corrected chi connectivity index (χ2v) is 11.6. The van der Waals surface area contributed by atoms with E-state index in [1.54, 1.807) is 13.8 Å². The van der Waals surface area contributed by atoms with Crippen molar-refractivity contribution < 1.29 is 13.2 Å². The van der Waals surface area contributed by atoms with Gasteiger partial charge >= 0.3 is 0 Å². The molecular weight excluding hydrogens is 588 g/mol. The maximum Gasteiger partial charge on any atom is 0.264 e. The minimum Gasteiger partial charge on any atom is -0.312 e. The van der Waals surface area contributed by atoms with Crippen LogP contribution in [0.4, 0.5) is 13.2 Å². The highest BCUT2D eigenvalue weighted by molar-refractivity contribution is 8.00. The molecule has 0 bridgehead atoms. The molecule has 4 nitrogen and oxygen atoms in total. The standard InChI is InChI=1S/C12H10Cl2F2N4.C12H15FS.C3H8.2C2H6/c1-12(18,4-17)5-20-3-7-6(11(15)16)2-8(13)9(14)10(7)19-20;1-9(2)10-5-7-11(8-6-10)14-12(3,4)13;1-3-2;2*1-2/h2-3,11H,5,18H2,1H3;5-8H,1H2,2-4H3;3H2,1-2H3;2*1-2H3. The summed E-state index contributed by atoms with van der Waals surface area (Å²) >= 11 is 13.0. The number of alkyl halides is 3. The van der Waals surface area contributed by atoms with Crippen LogP contribution in [-0.4, -0.2) is 20.3 Å². The predicted octanol–water partition coefficient (Wildman–Crippen LogP) is 11.5. The Balaban J connectivity index is 0. The SMILES string of the molecule is C=C(C)c1ccc(SC(C)(C)F)cc1.CC.CC.CC(N)(C#N)Cn1cc2c(C(F)F)cc(Cl)c(Cl)c2n1.CCC. The minimum absolute atomic E-state index is 0.00973. The second-order valence-electron chi connectivity index (χ2n) is 9.16. The number of rotatable bonds is 6. The first-order valence-corrected chi connectivity index (χ1v) is 15.1. The molecule has 0 aliphatic carbocycles. The number of nitrogens with zero attached hydrogens (tertiary/aromatic N) is 3. The molecule has 2 aromatic carbocycles. The number of benzene rings is 2. The molecule has 41 heavy (non-hydrogen) atoms. The van der Waals surface area contributed by atoms with Crippen LogP contribution in [0.5, 0.6) is 0 Å².